The van der Waals surface area contributed by atoms with Gasteiger partial charge in [-0.05, 0) is 31.2 Å². The number of hydrogen-bond acceptors (Lipinski definition) is 5. The number of nitrogens with one attached hydrogen (secondary N) is 1. The Morgan fingerprint density at radius 2 is 1.94 bits per heavy atom. The van der Waals surface area contributed by atoms with Crippen molar-refractivity contribution in [2.24, 2.45) is 0 Å². The number of methoxy groups -OCH3 is 1. The molecular formula is C13H16N2O2S. The number of benzene rings is 1. The molecular weight excluding hydrogens is 248 g/mol. The molecule has 0 unspecified atom stereocenters. The average Bonchev–Trinajstić information content (AvgIpc) is 2.85. The first-order valence-corrected chi connectivity index (χ1v) is 6.59. The topological polar surface area (TPSA) is 43.4 Å². The van der Waals surface area contributed by atoms with Gasteiger partial charge in [0.25, 0.3) is 0 Å². The van der Waals surface area contributed by atoms with Crippen molar-refractivity contribution in [3.05, 3.63) is 35.3 Å². The van der Waals surface area contributed by atoms with E-state index in [2.05, 4.69) is 17.2 Å². The highest BCUT2D eigenvalue weighted by molar-refractivity contribution is 7.15. The van der Waals surface area contributed by atoms with Crippen LogP contribution in [0.15, 0.2) is 30.5 Å². The van der Waals surface area contributed by atoms with Crippen molar-refractivity contribution >= 4 is 16.5 Å². The van der Waals surface area contributed by atoms with Gasteiger partial charge >= 0.3 is 0 Å². The maximum absolute atomic E-state index is 5.67. The van der Waals surface area contributed by atoms with Gasteiger partial charge < -0.3 is 14.8 Å². The van der Waals surface area contributed by atoms with Gasteiger partial charge in [0.05, 0.1) is 12.0 Å². The third kappa shape index (κ3) is 3.37. The van der Waals surface area contributed by atoms with Gasteiger partial charge in [0, 0.05) is 12.7 Å². The first-order valence-electron chi connectivity index (χ1n) is 5.77. The standard InChI is InChI=1S/C13H16N2O2S/c1-3-14-13-15-8-12(18-13)9-17-11-6-4-10(16-2)5-7-11/h4-8H,3,9H2,1-2H3,(H,14,15). The fourth-order valence-corrected chi connectivity index (χ4v) is 2.23. The molecule has 0 aliphatic heterocycles. The number of thiazole rings is 1. The Bertz CT molecular complexity index is 482. The molecule has 5 heteroatoms. The molecule has 0 bridgehead atoms. The summed E-state index contributed by atoms with van der Waals surface area (Å²) in [5.41, 5.74) is 0. The van der Waals surface area contributed by atoms with E-state index < -0.39 is 0 Å². The Morgan fingerprint density at radius 3 is 2.61 bits per heavy atom. The van der Waals surface area contributed by atoms with Crippen LogP contribution >= 0.6 is 11.3 Å². The Hall–Kier alpha value is -1.75. The van der Waals surface area contributed by atoms with Gasteiger partial charge in [-0.1, -0.05) is 11.3 Å². The fourth-order valence-electron chi connectivity index (χ4n) is 1.43. The normalized spacial score (nSPS) is 10.1. The minimum absolute atomic E-state index is 0.537. The molecule has 1 heterocycles. The first-order chi connectivity index (χ1) is 8.81. The van der Waals surface area contributed by atoms with E-state index in [1.165, 1.54) is 0 Å². The summed E-state index contributed by atoms with van der Waals surface area (Å²) < 4.78 is 10.8. The summed E-state index contributed by atoms with van der Waals surface area (Å²) in [6.07, 6.45) is 1.84. The van der Waals surface area contributed by atoms with Crippen LogP contribution in [-0.2, 0) is 6.61 Å². The molecule has 18 heavy (non-hydrogen) atoms. The Balaban J connectivity index is 1.89. The Kier molecular flexibility index (Phi) is 4.41. The summed E-state index contributed by atoms with van der Waals surface area (Å²) in [5.74, 6) is 1.66. The van der Waals surface area contributed by atoms with Crippen molar-refractivity contribution in [1.29, 1.82) is 0 Å². The number of anilines is 1. The first kappa shape index (κ1) is 12.7. The molecule has 4 nitrogen and oxygen atoms in total. The fraction of sp³-hybridized carbons (Fsp3) is 0.308. The Morgan fingerprint density at radius 1 is 1.22 bits per heavy atom. The molecule has 1 N–H and O–H groups in total. The van der Waals surface area contributed by atoms with Gasteiger partial charge in [0.15, 0.2) is 5.13 Å². The molecule has 2 aromatic rings. The van der Waals surface area contributed by atoms with Crippen LogP contribution in [0.3, 0.4) is 0 Å². The zero-order valence-corrected chi connectivity index (χ0v) is 11.3. The number of aromatic nitrogens is 1. The van der Waals surface area contributed by atoms with Crippen molar-refractivity contribution in [1.82, 2.24) is 4.98 Å². The Labute approximate surface area is 111 Å². The van der Waals surface area contributed by atoms with Crippen LogP contribution in [0, 0.1) is 0 Å². The lowest BCUT2D eigenvalue weighted by Gasteiger charge is -2.05. The second kappa shape index (κ2) is 6.26. The highest BCUT2D eigenvalue weighted by Crippen LogP contribution is 2.21. The zero-order valence-electron chi connectivity index (χ0n) is 10.5. The molecule has 0 aliphatic rings. The van der Waals surface area contributed by atoms with Crippen molar-refractivity contribution in [2.75, 3.05) is 19.0 Å². The van der Waals surface area contributed by atoms with E-state index in [9.17, 15) is 0 Å². The SMILES string of the molecule is CCNc1ncc(COc2ccc(OC)cc2)s1. The average molecular weight is 264 g/mol. The van der Waals surface area contributed by atoms with Crippen molar-refractivity contribution < 1.29 is 9.47 Å². The van der Waals surface area contributed by atoms with Crippen LogP contribution in [0.2, 0.25) is 0 Å². The van der Waals surface area contributed by atoms with Crippen LogP contribution in [0.4, 0.5) is 5.13 Å². The molecule has 0 fully saturated rings. The molecule has 0 atom stereocenters. The monoisotopic (exact) mass is 264 g/mol. The minimum atomic E-state index is 0.537. The quantitative estimate of drug-likeness (QED) is 0.870. The summed E-state index contributed by atoms with van der Waals surface area (Å²) in [4.78, 5) is 5.35. The van der Waals surface area contributed by atoms with Crippen LogP contribution in [-0.4, -0.2) is 18.6 Å². The number of rotatable bonds is 6. The number of hydrogen-bond donors (Lipinski definition) is 1. The highest BCUT2D eigenvalue weighted by atomic mass is 32.1. The molecule has 0 radical (unpaired) electrons. The summed E-state index contributed by atoms with van der Waals surface area (Å²) in [7, 11) is 1.65. The third-order valence-electron chi connectivity index (χ3n) is 2.32. The lowest BCUT2D eigenvalue weighted by atomic mass is 10.3. The second-order valence-corrected chi connectivity index (χ2v) is 4.74. The summed E-state index contributed by atoms with van der Waals surface area (Å²) in [5, 5.41) is 4.11. The second-order valence-electron chi connectivity index (χ2n) is 3.63. The van der Waals surface area contributed by atoms with Crippen molar-refractivity contribution in [3.63, 3.8) is 0 Å². The highest BCUT2D eigenvalue weighted by Gasteiger charge is 2.02. The van der Waals surface area contributed by atoms with Crippen molar-refractivity contribution in [3.8, 4) is 11.5 Å². The maximum atomic E-state index is 5.67. The van der Waals surface area contributed by atoms with Gasteiger partial charge in [-0.25, -0.2) is 4.98 Å². The summed E-state index contributed by atoms with van der Waals surface area (Å²) in [6, 6.07) is 7.55. The van der Waals surface area contributed by atoms with Crippen LogP contribution in [0.1, 0.15) is 11.8 Å². The molecule has 96 valence electrons. The van der Waals surface area contributed by atoms with E-state index in [4.69, 9.17) is 9.47 Å². The van der Waals surface area contributed by atoms with Crippen LogP contribution in [0.25, 0.3) is 0 Å². The van der Waals surface area contributed by atoms with Gasteiger partial charge in [0.1, 0.15) is 18.1 Å². The van der Waals surface area contributed by atoms with Gasteiger partial charge in [-0.15, -0.1) is 0 Å². The van der Waals surface area contributed by atoms with Gasteiger partial charge in [-0.2, -0.15) is 0 Å². The third-order valence-corrected chi connectivity index (χ3v) is 3.25. The molecule has 0 saturated carbocycles. The van der Waals surface area contributed by atoms with E-state index in [0.717, 1.165) is 28.1 Å². The molecule has 0 spiro atoms. The number of ether oxygens (including phenoxy) is 2. The lowest BCUT2D eigenvalue weighted by Crippen LogP contribution is -1.94. The molecule has 0 saturated heterocycles. The zero-order chi connectivity index (χ0) is 12.8. The van der Waals surface area contributed by atoms with Gasteiger partial charge in [-0.3, -0.25) is 0 Å². The van der Waals surface area contributed by atoms with Crippen molar-refractivity contribution in [2.45, 2.75) is 13.5 Å². The van der Waals surface area contributed by atoms with Crippen LogP contribution in [0.5, 0.6) is 11.5 Å². The predicted octanol–water partition coefficient (Wildman–Crippen LogP) is 3.16. The van der Waals surface area contributed by atoms with E-state index in [-0.39, 0.29) is 0 Å². The minimum Gasteiger partial charge on any atom is -0.497 e. The van der Waals surface area contributed by atoms with E-state index in [1.54, 1.807) is 18.4 Å². The predicted molar refractivity (Wildman–Crippen MR) is 73.6 cm³/mol. The molecule has 2 rings (SSSR count). The summed E-state index contributed by atoms with van der Waals surface area (Å²) in [6.45, 7) is 3.47. The lowest BCUT2D eigenvalue weighted by molar-refractivity contribution is 0.309. The van der Waals surface area contributed by atoms with E-state index in [1.807, 2.05) is 30.5 Å². The summed E-state index contributed by atoms with van der Waals surface area (Å²) >= 11 is 1.61. The smallest absolute Gasteiger partial charge is 0.182 e. The van der Waals surface area contributed by atoms with Crippen LogP contribution < -0.4 is 14.8 Å². The molecule has 1 aromatic carbocycles. The largest absolute Gasteiger partial charge is 0.497 e. The molecule has 0 amide bonds. The van der Waals surface area contributed by atoms with Gasteiger partial charge in [0.2, 0.25) is 0 Å². The van der Waals surface area contributed by atoms with E-state index >= 15 is 0 Å². The number of nitrogens with zero attached hydrogens (tertiary/aromatic N) is 1. The maximum Gasteiger partial charge on any atom is 0.182 e. The molecule has 0 aliphatic carbocycles. The van der Waals surface area contributed by atoms with E-state index in [0.29, 0.717) is 6.61 Å². The molecule has 1 aromatic heterocycles.